The lowest BCUT2D eigenvalue weighted by atomic mass is 9.98. The molecule has 2 aliphatic heterocycles. The fourth-order valence-electron chi connectivity index (χ4n) is 3.74. The van der Waals surface area contributed by atoms with E-state index in [-0.39, 0.29) is 0 Å². The number of piperazine rings is 1. The van der Waals surface area contributed by atoms with Gasteiger partial charge in [0.25, 0.3) is 0 Å². The number of piperidine rings is 1. The highest BCUT2D eigenvalue weighted by atomic mass is 16.3. The lowest BCUT2D eigenvalue weighted by Crippen LogP contribution is -2.60. The summed E-state index contributed by atoms with van der Waals surface area (Å²) < 4.78 is 0. The first kappa shape index (κ1) is 16.2. The summed E-state index contributed by atoms with van der Waals surface area (Å²) in [7, 11) is 0. The van der Waals surface area contributed by atoms with Crippen LogP contribution in [0.1, 0.15) is 40.5 Å². The van der Waals surface area contributed by atoms with Crippen molar-refractivity contribution in [2.75, 3.05) is 39.3 Å². The Balaban J connectivity index is 1.89. The number of rotatable bonds is 4. The topological polar surface area (TPSA) is 30.0 Å². The predicted molar refractivity (Wildman–Crippen MR) is 84.0 cm³/mol. The molecule has 2 fully saturated rings. The molecule has 4 heteroatoms. The second-order valence-corrected chi connectivity index (χ2v) is 7.02. The average molecular weight is 283 g/mol. The van der Waals surface area contributed by atoms with E-state index in [0.29, 0.717) is 30.8 Å². The maximum atomic E-state index is 9.75. The van der Waals surface area contributed by atoms with Crippen molar-refractivity contribution in [1.82, 2.24) is 14.7 Å². The summed E-state index contributed by atoms with van der Waals surface area (Å²) in [4.78, 5) is 7.67. The summed E-state index contributed by atoms with van der Waals surface area (Å²) in [5, 5.41) is 9.75. The highest BCUT2D eigenvalue weighted by Gasteiger charge is 2.34. The lowest BCUT2D eigenvalue weighted by Gasteiger charge is -2.48. The molecule has 0 aromatic rings. The van der Waals surface area contributed by atoms with Crippen molar-refractivity contribution in [3.8, 4) is 0 Å². The quantitative estimate of drug-likeness (QED) is 0.841. The number of hydrogen-bond acceptors (Lipinski definition) is 4. The van der Waals surface area contributed by atoms with Crippen molar-refractivity contribution in [2.24, 2.45) is 0 Å². The Morgan fingerprint density at radius 3 is 2.00 bits per heavy atom. The molecule has 0 spiro atoms. The zero-order valence-electron chi connectivity index (χ0n) is 13.8. The van der Waals surface area contributed by atoms with E-state index < -0.39 is 0 Å². The van der Waals surface area contributed by atoms with Crippen LogP contribution in [-0.4, -0.2) is 83.3 Å². The summed E-state index contributed by atoms with van der Waals surface area (Å²) in [6.07, 6.45) is 2.52. The molecule has 0 aromatic heterocycles. The van der Waals surface area contributed by atoms with Gasteiger partial charge in [-0.2, -0.15) is 0 Å². The largest absolute Gasteiger partial charge is 0.395 e. The Labute approximate surface area is 124 Å². The van der Waals surface area contributed by atoms with Crippen molar-refractivity contribution in [1.29, 1.82) is 0 Å². The second-order valence-electron chi connectivity index (χ2n) is 7.02. The van der Waals surface area contributed by atoms with Crippen LogP contribution in [0, 0.1) is 0 Å². The van der Waals surface area contributed by atoms with Crippen LogP contribution in [-0.2, 0) is 0 Å². The van der Waals surface area contributed by atoms with Crippen LogP contribution in [0.3, 0.4) is 0 Å². The van der Waals surface area contributed by atoms with Gasteiger partial charge in [-0.15, -0.1) is 0 Å². The van der Waals surface area contributed by atoms with Crippen molar-refractivity contribution in [3.05, 3.63) is 0 Å². The standard InChI is InChI=1S/C16H33N3O/c1-13(2)17-7-5-15(6-8-17)19-10-9-18(14(3)4)11-16(19)12-20/h13-16,20H,5-12H2,1-4H3/t16-/m0/s1. The van der Waals surface area contributed by atoms with E-state index in [2.05, 4.69) is 42.4 Å². The van der Waals surface area contributed by atoms with Gasteiger partial charge in [-0.1, -0.05) is 0 Å². The van der Waals surface area contributed by atoms with Crippen molar-refractivity contribution >= 4 is 0 Å². The van der Waals surface area contributed by atoms with Gasteiger partial charge in [-0.05, 0) is 53.6 Å². The van der Waals surface area contributed by atoms with Gasteiger partial charge in [0, 0.05) is 43.8 Å². The second kappa shape index (κ2) is 7.21. The molecule has 0 radical (unpaired) electrons. The van der Waals surface area contributed by atoms with Gasteiger partial charge in [-0.3, -0.25) is 9.80 Å². The molecule has 0 aromatic carbocycles. The molecule has 0 unspecified atom stereocenters. The number of aliphatic hydroxyl groups is 1. The molecule has 1 atom stereocenters. The molecule has 2 saturated heterocycles. The van der Waals surface area contributed by atoms with E-state index in [1.165, 1.54) is 25.9 Å². The third-order valence-electron chi connectivity index (χ3n) is 5.20. The number of aliphatic hydroxyl groups excluding tert-OH is 1. The molecule has 0 amide bonds. The van der Waals surface area contributed by atoms with Gasteiger partial charge >= 0.3 is 0 Å². The normalized spacial score (nSPS) is 28.6. The molecule has 4 nitrogen and oxygen atoms in total. The smallest absolute Gasteiger partial charge is 0.0599 e. The summed E-state index contributed by atoms with van der Waals surface area (Å²) in [6.45, 7) is 15.1. The number of nitrogens with zero attached hydrogens (tertiary/aromatic N) is 3. The summed E-state index contributed by atoms with van der Waals surface area (Å²) >= 11 is 0. The minimum Gasteiger partial charge on any atom is -0.395 e. The van der Waals surface area contributed by atoms with Gasteiger partial charge in [0.2, 0.25) is 0 Å². The molecule has 0 aliphatic carbocycles. The highest BCUT2D eigenvalue weighted by molar-refractivity contribution is 4.90. The summed E-state index contributed by atoms with van der Waals surface area (Å²) in [5.41, 5.74) is 0. The third-order valence-corrected chi connectivity index (χ3v) is 5.20. The van der Waals surface area contributed by atoms with Crippen LogP contribution < -0.4 is 0 Å². The first-order chi connectivity index (χ1) is 9.52. The van der Waals surface area contributed by atoms with E-state index in [1.54, 1.807) is 0 Å². The van der Waals surface area contributed by atoms with Crippen LogP contribution in [0.25, 0.3) is 0 Å². The zero-order valence-corrected chi connectivity index (χ0v) is 13.8. The Kier molecular flexibility index (Phi) is 5.84. The minimum absolute atomic E-state index is 0.299. The molecule has 2 heterocycles. The SMILES string of the molecule is CC(C)N1CCC(N2CCN(C(C)C)C[C@H]2CO)CC1. The van der Waals surface area contributed by atoms with E-state index in [0.717, 1.165) is 19.6 Å². The van der Waals surface area contributed by atoms with Crippen LogP contribution in [0.2, 0.25) is 0 Å². The molecule has 2 rings (SSSR count). The van der Waals surface area contributed by atoms with E-state index in [9.17, 15) is 5.11 Å². The highest BCUT2D eigenvalue weighted by Crippen LogP contribution is 2.23. The molecule has 118 valence electrons. The van der Waals surface area contributed by atoms with Crippen LogP contribution in [0.15, 0.2) is 0 Å². The Morgan fingerprint density at radius 1 is 0.900 bits per heavy atom. The van der Waals surface area contributed by atoms with Gasteiger partial charge in [0.05, 0.1) is 6.61 Å². The maximum absolute atomic E-state index is 9.75. The van der Waals surface area contributed by atoms with Crippen molar-refractivity contribution in [2.45, 2.75) is 64.7 Å². The van der Waals surface area contributed by atoms with Crippen LogP contribution in [0.5, 0.6) is 0 Å². The summed E-state index contributed by atoms with van der Waals surface area (Å²) in [6, 6.07) is 2.27. The first-order valence-corrected chi connectivity index (χ1v) is 8.37. The molecule has 2 aliphatic rings. The summed E-state index contributed by atoms with van der Waals surface area (Å²) in [5.74, 6) is 0. The Bertz CT molecular complexity index is 287. The van der Waals surface area contributed by atoms with E-state index >= 15 is 0 Å². The van der Waals surface area contributed by atoms with Gasteiger partial charge in [-0.25, -0.2) is 0 Å². The minimum atomic E-state index is 0.299. The predicted octanol–water partition coefficient (Wildman–Crippen LogP) is 1.25. The molecule has 0 saturated carbocycles. The molecule has 0 bridgehead atoms. The monoisotopic (exact) mass is 283 g/mol. The van der Waals surface area contributed by atoms with Crippen molar-refractivity contribution in [3.63, 3.8) is 0 Å². The third kappa shape index (κ3) is 3.73. The van der Waals surface area contributed by atoms with Crippen LogP contribution in [0.4, 0.5) is 0 Å². The fourth-order valence-corrected chi connectivity index (χ4v) is 3.74. The van der Waals surface area contributed by atoms with E-state index in [1.807, 2.05) is 0 Å². The van der Waals surface area contributed by atoms with Crippen LogP contribution >= 0.6 is 0 Å². The van der Waals surface area contributed by atoms with Gasteiger partial charge < -0.3 is 10.0 Å². The number of likely N-dealkylation sites (tertiary alicyclic amines) is 1. The molecule has 20 heavy (non-hydrogen) atoms. The number of hydrogen-bond donors (Lipinski definition) is 1. The van der Waals surface area contributed by atoms with E-state index in [4.69, 9.17) is 0 Å². The Morgan fingerprint density at radius 2 is 1.50 bits per heavy atom. The first-order valence-electron chi connectivity index (χ1n) is 8.37. The van der Waals surface area contributed by atoms with Crippen molar-refractivity contribution < 1.29 is 5.11 Å². The molecular weight excluding hydrogens is 250 g/mol. The van der Waals surface area contributed by atoms with Gasteiger partial charge in [0.15, 0.2) is 0 Å². The van der Waals surface area contributed by atoms with Gasteiger partial charge in [0.1, 0.15) is 0 Å². The lowest BCUT2D eigenvalue weighted by molar-refractivity contribution is -0.0181. The fraction of sp³-hybridized carbons (Fsp3) is 1.00. The maximum Gasteiger partial charge on any atom is 0.0599 e. The molecular formula is C16H33N3O. The Hall–Kier alpha value is -0.160. The molecule has 1 N–H and O–H groups in total. The average Bonchev–Trinajstić information content (AvgIpc) is 2.46. The zero-order chi connectivity index (χ0) is 14.7.